The maximum Gasteiger partial charge on any atom is 0.320 e. The van der Waals surface area contributed by atoms with Crippen LogP contribution in [0.5, 0.6) is 0 Å². The largest absolute Gasteiger partial charge is 0.480 e. The second kappa shape index (κ2) is 6.10. The van der Waals surface area contributed by atoms with Crippen molar-refractivity contribution in [1.82, 2.24) is 5.06 Å². The third kappa shape index (κ3) is 6.26. The smallest absolute Gasteiger partial charge is 0.320 e. The van der Waals surface area contributed by atoms with Crippen LogP contribution in [-0.2, 0) is 20.2 Å². The summed E-state index contributed by atoms with van der Waals surface area (Å²) >= 11 is -1.45. The Morgan fingerprint density at radius 2 is 2.25 bits per heavy atom. The van der Waals surface area contributed by atoms with Crippen molar-refractivity contribution in [3.05, 3.63) is 0 Å². The van der Waals surface area contributed by atoms with Crippen molar-refractivity contribution in [2.24, 2.45) is 0 Å². The summed E-state index contributed by atoms with van der Waals surface area (Å²) in [5.41, 5.74) is 0. The van der Waals surface area contributed by atoms with Crippen LogP contribution in [0, 0.1) is 0 Å². The van der Waals surface area contributed by atoms with Crippen molar-refractivity contribution >= 4 is 17.0 Å². The number of carbonyl (C=O) groups is 1. The fourth-order valence-corrected chi connectivity index (χ4v) is 1.12. The number of aliphatic carboxylic acids is 1. The fourth-order valence-electron chi connectivity index (χ4n) is 0.691. The molecular weight excluding hydrogens is 182 g/mol. The van der Waals surface area contributed by atoms with Gasteiger partial charge in [0.25, 0.3) is 0 Å². The van der Waals surface area contributed by atoms with E-state index in [0.29, 0.717) is 6.54 Å². The molecule has 0 aromatic rings. The molecular formula is C6H13NO4S. The standard InChI is InChI=1S/C6H13NO4S/c1-3-4-7(5-6(8)9)11-12(2)10/h3-5H2,1-2H3,(H,8,9). The van der Waals surface area contributed by atoms with Crippen LogP contribution in [0.25, 0.3) is 0 Å². The summed E-state index contributed by atoms with van der Waals surface area (Å²) in [6, 6.07) is 0. The Kier molecular flexibility index (Phi) is 5.87. The van der Waals surface area contributed by atoms with E-state index in [1.54, 1.807) is 0 Å². The maximum atomic E-state index is 10.6. The number of carboxylic acids is 1. The van der Waals surface area contributed by atoms with Gasteiger partial charge in [0.1, 0.15) is 6.54 Å². The molecule has 6 heteroatoms. The van der Waals surface area contributed by atoms with E-state index in [-0.39, 0.29) is 6.54 Å². The Balaban J connectivity index is 3.85. The summed E-state index contributed by atoms with van der Waals surface area (Å²) in [6.07, 6.45) is 2.11. The predicted molar refractivity (Wildman–Crippen MR) is 44.7 cm³/mol. The molecule has 0 aromatic heterocycles. The first-order valence-electron chi connectivity index (χ1n) is 3.55. The summed E-state index contributed by atoms with van der Waals surface area (Å²) in [5.74, 6) is -0.992. The molecule has 0 aromatic carbocycles. The van der Waals surface area contributed by atoms with Crippen LogP contribution in [0.4, 0.5) is 0 Å². The second-order valence-corrected chi connectivity index (χ2v) is 3.18. The maximum absolute atomic E-state index is 10.6. The molecule has 5 nitrogen and oxygen atoms in total. The highest BCUT2D eigenvalue weighted by atomic mass is 32.2. The first-order valence-corrected chi connectivity index (χ1v) is 5.03. The molecule has 0 heterocycles. The van der Waals surface area contributed by atoms with E-state index in [2.05, 4.69) is 0 Å². The van der Waals surface area contributed by atoms with Crippen molar-refractivity contribution in [1.29, 1.82) is 0 Å². The minimum atomic E-state index is -1.45. The first kappa shape index (κ1) is 11.5. The van der Waals surface area contributed by atoms with Gasteiger partial charge in [-0.2, -0.15) is 9.35 Å². The van der Waals surface area contributed by atoms with Gasteiger partial charge in [-0.1, -0.05) is 6.92 Å². The van der Waals surface area contributed by atoms with Crippen LogP contribution in [0.15, 0.2) is 0 Å². The molecule has 1 N–H and O–H groups in total. The molecule has 0 aliphatic heterocycles. The van der Waals surface area contributed by atoms with E-state index in [1.807, 2.05) is 6.92 Å². The van der Waals surface area contributed by atoms with Crippen molar-refractivity contribution in [2.75, 3.05) is 19.3 Å². The summed E-state index contributed by atoms with van der Waals surface area (Å²) in [6.45, 7) is 2.11. The zero-order chi connectivity index (χ0) is 9.56. The van der Waals surface area contributed by atoms with Crippen LogP contribution in [0.1, 0.15) is 13.3 Å². The molecule has 0 amide bonds. The van der Waals surface area contributed by atoms with Gasteiger partial charge in [-0.3, -0.25) is 4.79 Å². The molecule has 0 saturated carbocycles. The quantitative estimate of drug-likeness (QED) is 0.605. The lowest BCUT2D eigenvalue weighted by molar-refractivity contribution is -0.146. The van der Waals surface area contributed by atoms with Gasteiger partial charge in [-0.15, -0.1) is 0 Å². The predicted octanol–water partition coefficient (Wildman–Crippen LogP) is 0.00810. The van der Waals surface area contributed by atoms with Gasteiger partial charge in [0, 0.05) is 12.8 Å². The minimum absolute atomic E-state index is 0.243. The highest BCUT2D eigenvalue weighted by Crippen LogP contribution is 1.94. The number of rotatable bonds is 6. The van der Waals surface area contributed by atoms with Gasteiger partial charge < -0.3 is 5.11 Å². The van der Waals surface area contributed by atoms with Gasteiger partial charge >= 0.3 is 5.97 Å². The van der Waals surface area contributed by atoms with E-state index in [9.17, 15) is 9.00 Å². The van der Waals surface area contributed by atoms with Gasteiger partial charge in [-0.25, -0.2) is 4.21 Å². The molecule has 0 rings (SSSR count). The molecule has 0 fully saturated rings. The molecule has 0 aliphatic carbocycles. The van der Waals surface area contributed by atoms with Gasteiger partial charge in [0.2, 0.25) is 0 Å². The van der Waals surface area contributed by atoms with Crippen molar-refractivity contribution in [2.45, 2.75) is 13.3 Å². The Hall–Kier alpha value is -0.460. The molecule has 12 heavy (non-hydrogen) atoms. The fraction of sp³-hybridized carbons (Fsp3) is 0.833. The van der Waals surface area contributed by atoms with Crippen LogP contribution in [0.3, 0.4) is 0 Å². The van der Waals surface area contributed by atoms with E-state index < -0.39 is 17.0 Å². The Labute approximate surface area is 73.9 Å². The molecule has 1 unspecified atom stereocenters. The highest BCUT2D eigenvalue weighted by molar-refractivity contribution is 7.79. The SMILES string of the molecule is CCCN(CC(=O)O)OS(C)=O. The zero-order valence-electron chi connectivity index (χ0n) is 7.15. The first-order chi connectivity index (χ1) is 5.56. The number of carboxylic acid groups (broad SMARTS) is 1. The molecule has 0 aliphatic rings. The molecule has 0 radical (unpaired) electrons. The third-order valence-corrected chi connectivity index (χ3v) is 1.42. The lowest BCUT2D eigenvalue weighted by Crippen LogP contribution is -2.31. The molecule has 72 valence electrons. The monoisotopic (exact) mass is 195 g/mol. The van der Waals surface area contributed by atoms with Gasteiger partial charge in [0.05, 0.1) is 0 Å². The average molecular weight is 195 g/mol. The van der Waals surface area contributed by atoms with E-state index in [0.717, 1.165) is 6.42 Å². The van der Waals surface area contributed by atoms with E-state index in [1.165, 1.54) is 11.3 Å². The van der Waals surface area contributed by atoms with Crippen LogP contribution >= 0.6 is 0 Å². The number of hydroxylamine groups is 2. The Morgan fingerprint density at radius 1 is 1.67 bits per heavy atom. The zero-order valence-corrected chi connectivity index (χ0v) is 7.97. The van der Waals surface area contributed by atoms with Crippen molar-refractivity contribution in [3.8, 4) is 0 Å². The van der Waals surface area contributed by atoms with Crippen molar-refractivity contribution < 1.29 is 18.4 Å². The lowest BCUT2D eigenvalue weighted by atomic mass is 10.5. The lowest BCUT2D eigenvalue weighted by Gasteiger charge is -2.15. The van der Waals surface area contributed by atoms with E-state index in [4.69, 9.17) is 9.39 Å². The minimum Gasteiger partial charge on any atom is -0.480 e. The summed E-state index contributed by atoms with van der Waals surface area (Å²) in [7, 11) is 0. The average Bonchev–Trinajstić information content (AvgIpc) is 1.84. The highest BCUT2D eigenvalue weighted by Gasteiger charge is 2.10. The Bertz CT molecular complexity index is 157. The molecule has 0 bridgehead atoms. The summed E-state index contributed by atoms with van der Waals surface area (Å²) in [4.78, 5) is 10.2. The second-order valence-electron chi connectivity index (χ2n) is 2.23. The number of hydrogen-bond donors (Lipinski definition) is 1. The van der Waals surface area contributed by atoms with Gasteiger partial charge in [-0.05, 0) is 6.42 Å². The third-order valence-electron chi connectivity index (χ3n) is 0.995. The van der Waals surface area contributed by atoms with Gasteiger partial charge in [0.15, 0.2) is 11.1 Å². The normalized spacial score (nSPS) is 13.2. The van der Waals surface area contributed by atoms with Crippen molar-refractivity contribution in [3.63, 3.8) is 0 Å². The summed E-state index contributed by atoms with van der Waals surface area (Å²) < 4.78 is 15.3. The summed E-state index contributed by atoms with van der Waals surface area (Å²) in [5, 5.41) is 9.58. The number of nitrogens with zero attached hydrogens (tertiary/aromatic N) is 1. The van der Waals surface area contributed by atoms with Crippen LogP contribution < -0.4 is 0 Å². The molecule has 0 saturated heterocycles. The van der Waals surface area contributed by atoms with E-state index >= 15 is 0 Å². The number of hydrogen-bond acceptors (Lipinski definition) is 4. The Morgan fingerprint density at radius 3 is 2.58 bits per heavy atom. The topological polar surface area (TPSA) is 66.8 Å². The molecule has 0 spiro atoms. The molecule has 1 atom stereocenters. The van der Waals surface area contributed by atoms with Crippen LogP contribution in [-0.4, -0.2) is 39.7 Å². The van der Waals surface area contributed by atoms with Crippen LogP contribution in [0.2, 0.25) is 0 Å².